The molecule has 0 aromatic heterocycles. The van der Waals surface area contributed by atoms with Crippen molar-refractivity contribution in [1.29, 1.82) is 0 Å². The zero-order valence-corrected chi connectivity index (χ0v) is 14.1. The van der Waals surface area contributed by atoms with E-state index in [2.05, 4.69) is 21.2 Å². The number of aliphatic carboxylic acids is 1. The molecule has 0 aliphatic rings. The van der Waals surface area contributed by atoms with E-state index in [1.165, 1.54) is 6.07 Å². The van der Waals surface area contributed by atoms with Crippen LogP contribution in [0, 0.1) is 0 Å². The molecule has 2 aromatic rings. The molecule has 0 bridgehead atoms. The van der Waals surface area contributed by atoms with E-state index in [9.17, 15) is 9.90 Å². The predicted molar refractivity (Wildman–Crippen MR) is 89.2 cm³/mol. The monoisotopic (exact) mass is 387 g/mol. The Labute approximate surface area is 141 Å². The summed E-state index contributed by atoms with van der Waals surface area (Å²) in [7, 11) is 0. The summed E-state index contributed by atoms with van der Waals surface area (Å²) >= 11 is 15.4. The topological polar surface area (TPSA) is 49.3 Å². The number of para-hydroxylation sites is 1. The number of anilines is 1. The van der Waals surface area contributed by atoms with Crippen molar-refractivity contribution in [3.8, 4) is 0 Å². The van der Waals surface area contributed by atoms with Crippen LogP contribution in [-0.4, -0.2) is 11.1 Å². The Morgan fingerprint density at radius 1 is 1.24 bits per heavy atom. The molecule has 0 heterocycles. The number of hydrogen-bond acceptors (Lipinski definition) is 2. The van der Waals surface area contributed by atoms with Gasteiger partial charge in [-0.3, -0.25) is 0 Å². The van der Waals surface area contributed by atoms with Crippen molar-refractivity contribution in [2.24, 2.45) is 0 Å². The highest BCUT2D eigenvalue weighted by Crippen LogP contribution is 2.35. The Kier molecular flexibility index (Phi) is 4.81. The van der Waals surface area contributed by atoms with E-state index in [0.717, 1.165) is 4.47 Å². The number of halogens is 3. The van der Waals surface area contributed by atoms with Gasteiger partial charge in [-0.25, -0.2) is 4.79 Å². The maximum atomic E-state index is 11.8. The Hall–Kier alpha value is -1.23. The van der Waals surface area contributed by atoms with Crippen molar-refractivity contribution >= 4 is 50.8 Å². The summed E-state index contributed by atoms with van der Waals surface area (Å²) in [6.07, 6.45) is 0. The third kappa shape index (κ3) is 3.34. The Balaban J connectivity index is 2.51. The minimum absolute atomic E-state index is 0.298. The van der Waals surface area contributed by atoms with Gasteiger partial charge in [-0.15, -0.1) is 0 Å². The lowest BCUT2D eigenvalue weighted by Crippen LogP contribution is -2.40. The molecule has 0 saturated heterocycles. The molecule has 1 unspecified atom stereocenters. The summed E-state index contributed by atoms with van der Waals surface area (Å²) < 4.78 is 0.766. The fraction of sp³-hybridized carbons (Fsp3) is 0.133. The highest BCUT2D eigenvalue weighted by molar-refractivity contribution is 9.10. The summed E-state index contributed by atoms with van der Waals surface area (Å²) in [4.78, 5) is 11.8. The third-order valence-corrected chi connectivity index (χ3v) is 4.40. The molecule has 1 atom stereocenters. The van der Waals surface area contributed by atoms with Crippen LogP contribution in [0.5, 0.6) is 0 Å². The fourth-order valence-corrected chi connectivity index (χ4v) is 2.94. The van der Waals surface area contributed by atoms with Crippen LogP contribution in [0.1, 0.15) is 12.5 Å². The van der Waals surface area contributed by atoms with Crippen LogP contribution in [0.15, 0.2) is 46.9 Å². The summed E-state index contributed by atoms with van der Waals surface area (Å²) in [6.45, 7) is 1.56. The van der Waals surface area contributed by atoms with Crippen LogP contribution in [0.25, 0.3) is 0 Å². The number of hydrogen-bond donors (Lipinski definition) is 2. The molecule has 3 nitrogen and oxygen atoms in total. The standard InChI is InChI=1S/C15H12BrCl2NO2/c1-15(14(20)21,10-7-6-9(17)8-12(10)18)19-13-5-3-2-4-11(13)16/h2-8,19H,1H3,(H,20,21). The zero-order chi connectivity index (χ0) is 15.6. The molecule has 21 heavy (non-hydrogen) atoms. The number of benzene rings is 2. The van der Waals surface area contributed by atoms with Crippen LogP contribution in [0.4, 0.5) is 5.69 Å². The largest absolute Gasteiger partial charge is 0.479 e. The number of carboxylic acids is 1. The van der Waals surface area contributed by atoms with Gasteiger partial charge in [-0.1, -0.05) is 41.4 Å². The lowest BCUT2D eigenvalue weighted by molar-refractivity contribution is -0.142. The van der Waals surface area contributed by atoms with Crippen molar-refractivity contribution < 1.29 is 9.90 Å². The van der Waals surface area contributed by atoms with E-state index >= 15 is 0 Å². The molecule has 110 valence electrons. The van der Waals surface area contributed by atoms with E-state index in [0.29, 0.717) is 21.3 Å². The first kappa shape index (κ1) is 16.1. The minimum atomic E-state index is -1.38. The molecular formula is C15H12BrCl2NO2. The molecule has 0 fully saturated rings. The molecule has 2 rings (SSSR count). The van der Waals surface area contributed by atoms with Gasteiger partial charge in [0, 0.05) is 25.8 Å². The number of rotatable bonds is 4. The first-order chi connectivity index (χ1) is 9.84. The van der Waals surface area contributed by atoms with E-state index < -0.39 is 11.5 Å². The Morgan fingerprint density at radius 2 is 1.90 bits per heavy atom. The highest BCUT2D eigenvalue weighted by Gasteiger charge is 2.37. The average molecular weight is 389 g/mol. The molecule has 6 heteroatoms. The van der Waals surface area contributed by atoms with Crippen molar-refractivity contribution in [1.82, 2.24) is 0 Å². The van der Waals surface area contributed by atoms with Crippen LogP contribution >= 0.6 is 39.1 Å². The van der Waals surface area contributed by atoms with Crippen molar-refractivity contribution in [3.63, 3.8) is 0 Å². The van der Waals surface area contributed by atoms with E-state index in [-0.39, 0.29) is 0 Å². The average Bonchev–Trinajstić information content (AvgIpc) is 2.41. The summed E-state index contributed by atoms with van der Waals surface area (Å²) in [5.41, 5.74) is -0.281. The summed E-state index contributed by atoms with van der Waals surface area (Å²) in [5, 5.41) is 13.4. The lowest BCUT2D eigenvalue weighted by atomic mass is 9.91. The maximum Gasteiger partial charge on any atom is 0.333 e. The van der Waals surface area contributed by atoms with Crippen LogP contribution < -0.4 is 5.32 Å². The third-order valence-electron chi connectivity index (χ3n) is 3.16. The zero-order valence-electron chi connectivity index (χ0n) is 11.0. The van der Waals surface area contributed by atoms with Gasteiger partial charge in [0.25, 0.3) is 0 Å². The summed E-state index contributed by atoms with van der Waals surface area (Å²) in [5.74, 6) is -1.04. The molecule has 0 amide bonds. The van der Waals surface area contributed by atoms with Crippen LogP contribution in [-0.2, 0) is 10.3 Å². The fourth-order valence-electron chi connectivity index (χ4n) is 1.96. The molecule has 0 aliphatic carbocycles. The first-order valence-corrected chi connectivity index (χ1v) is 7.61. The first-order valence-electron chi connectivity index (χ1n) is 6.06. The van der Waals surface area contributed by atoms with Gasteiger partial charge in [0.1, 0.15) is 0 Å². The number of carbonyl (C=O) groups is 1. The Bertz CT molecular complexity index is 693. The SMILES string of the molecule is CC(Nc1ccccc1Br)(C(=O)O)c1ccc(Cl)cc1Cl. The molecule has 0 aliphatic heterocycles. The smallest absolute Gasteiger partial charge is 0.333 e. The van der Waals surface area contributed by atoms with Crippen LogP contribution in [0.2, 0.25) is 10.0 Å². The van der Waals surface area contributed by atoms with Crippen molar-refractivity contribution in [3.05, 3.63) is 62.5 Å². The number of nitrogens with one attached hydrogen (secondary N) is 1. The quantitative estimate of drug-likeness (QED) is 0.759. The predicted octanol–water partition coefficient (Wildman–Crippen LogP) is 5.17. The molecule has 2 aromatic carbocycles. The lowest BCUT2D eigenvalue weighted by Gasteiger charge is -2.29. The normalized spacial score (nSPS) is 13.5. The second-order valence-corrected chi connectivity index (χ2v) is 6.36. The molecule has 2 N–H and O–H groups in total. The molecular weight excluding hydrogens is 377 g/mol. The summed E-state index contributed by atoms with van der Waals surface area (Å²) in [6, 6.07) is 12.0. The highest BCUT2D eigenvalue weighted by atomic mass is 79.9. The van der Waals surface area contributed by atoms with Crippen molar-refractivity contribution in [2.45, 2.75) is 12.5 Å². The molecule has 0 spiro atoms. The van der Waals surface area contributed by atoms with Gasteiger partial charge in [-0.2, -0.15) is 0 Å². The van der Waals surface area contributed by atoms with E-state index in [1.54, 1.807) is 25.1 Å². The van der Waals surface area contributed by atoms with Crippen molar-refractivity contribution in [2.75, 3.05) is 5.32 Å². The van der Waals surface area contributed by atoms with E-state index in [1.807, 2.05) is 18.2 Å². The van der Waals surface area contributed by atoms with E-state index in [4.69, 9.17) is 23.2 Å². The van der Waals surface area contributed by atoms with Gasteiger partial charge < -0.3 is 10.4 Å². The molecule has 0 radical (unpaired) electrons. The van der Waals surface area contributed by atoms with Gasteiger partial charge in [0.15, 0.2) is 5.54 Å². The second kappa shape index (κ2) is 6.26. The van der Waals surface area contributed by atoms with Gasteiger partial charge in [-0.05, 0) is 47.1 Å². The van der Waals surface area contributed by atoms with Gasteiger partial charge in [0.05, 0.1) is 0 Å². The van der Waals surface area contributed by atoms with Crippen LogP contribution in [0.3, 0.4) is 0 Å². The minimum Gasteiger partial charge on any atom is -0.479 e. The maximum absolute atomic E-state index is 11.8. The number of carboxylic acid groups (broad SMARTS) is 1. The van der Waals surface area contributed by atoms with Gasteiger partial charge in [0.2, 0.25) is 0 Å². The van der Waals surface area contributed by atoms with Gasteiger partial charge >= 0.3 is 5.97 Å². The second-order valence-electron chi connectivity index (χ2n) is 4.66. The Morgan fingerprint density at radius 3 is 2.48 bits per heavy atom. The molecule has 0 saturated carbocycles.